The maximum Gasteiger partial charge on any atom is 0.305 e. The highest BCUT2D eigenvalue weighted by Gasteiger charge is 2.29. The first-order valence-electron chi connectivity index (χ1n) is 28.0. The zero-order valence-corrected chi connectivity index (χ0v) is 44.0. The van der Waals surface area contributed by atoms with Crippen molar-refractivity contribution in [2.75, 3.05) is 45.8 Å². The number of rotatable bonds is 50. The highest BCUT2D eigenvalue weighted by atomic mass is 16.4. The Balaban J connectivity index is 5.18. The first-order valence-corrected chi connectivity index (χ1v) is 28.0. The van der Waals surface area contributed by atoms with Crippen molar-refractivity contribution in [1.29, 1.82) is 0 Å². The number of carboxylic acids is 1. The van der Waals surface area contributed by atoms with E-state index in [1.165, 1.54) is 185 Å². The Kier molecular flexibility index (Phi) is 44.8. The molecule has 4 amide bonds. The van der Waals surface area contributed by atoms with Gasteiger partial charge in [0.1, 0.15) is 12.1 Å². The Morgan fingerprint density at radius 3 is 1.41 bits per heavy atom. The molecule has 15 heteroatoms. The van der Waals surface area contributed by atoms with E-state index in [0.717, 1.165) is 26.1 Å². The predicted molar refractivity (Wildman–Crippen MR) is 279 cm³/mol. The van der Waals surface area contributed by atoms with Crippen LogP contribution in [-0.2, 0) is 24.0 Å². The van der Waals surface area contributed by atoms with Gasteiger partial charge in [-0.15, -0.1) is 0 Å². The lowest BCUT2D eigenvalue weighted by molar-refractivity contribution is -0.899. The van der Waals surface area contributed by atoms with E-state index in [-0.39, 0.29) is 17.8 Å². The Morgan fingerprint density at radius 1 is 0.529 bits per heavy atom. The lowest BCUT2D eigenvalue weighted by Gasteiger charge is -2.24. The quantitative estimate of drug-likeness (QED) is 0.0182. The number of quaternary nitrogens is 2. The zero-order chi connectivity index (χ0) is 50.3. The number of unbranched alkanes of at least 4 members (excludes halogenated alkanes) is 27. The normalized spacial score (nSPS) is 12.6. The molecule has 0 saturated carbocycles. The van der Waals surface area contributed by atoms with Gasteiger partial charge in [-0.05, 0) is 57.8 Å². The molecule has 15 nitrogen and oxygen atoms in total. The van der Waals surface area contributed by atoms with E-state index < -0.39 is 48.8 Å². The molecule has 3 unspecified atom stereocenters. The molecule has 0 aromatic rings. The third kappa shape index (κ3) is 41.5. The van der Waals surface area contributed by atoms with Gasteiger partial charge in [0, 0.05) is 12.5 Å². The minimum Gasteiger partial charge on any atom is -0.481 e. The molecule has 68 heavy (non-hydrogen) atoms. The number of aliphatic carboxylic acids is 1. The van der Waals surface area contributed by atoms with E-state index in [9.17, 15) is 29.1 Å². The number of hydrogen-bond donors (Lipinski definition) is 9. The fourth-order valence-electron chi connectivity index (χ4n) is 8.77. The van der Waals surface area contributed by atoms with Crippen LogP contribution in [0, 0.1) is 5.92 Å². The van der Waals surface area contributed by atoms with E-state index in [0.29, 0.717) is 45.3 Å². The molecule has 0 bridgehead atoms. The second-order valence-corrected chi connectivity index (χ2v) is 19.7. The molecule has 0 aliphatic rings. The largest absolute Gasteiger partial charge is 0.481 e. The van der Waals surface area contributed by atoms with E-state index in [2.05, 4.69) is 45.8 Å². The number of amides is 4. The molecule has 3 atom stereocenters. The molecule has 0 aliphatic heterocycles. The second kappa shape index (κ2) is 47.2. The smallest absolute Gasteiger partial charge is 0.305 e. The summed E-state index contributed by atoms with van der Waals surface area (Å²) < 4.78 is 0. The fraction of sp³-hybridized carbons (Fsp3) is 0.887. The van der Waals surface area contributed by atoms with Crippen LogP contribution in [0.15, 0.2) is 4.99 Å². The fourth-order valence-corrected chi connectivity index (χ4v) is 8.77. The van der Waals surface area contributed by atoms with Gasteiger partial charge in [0.05, 0.1) is 45.7 Å². The third-order valence-electron chi connectivity index (χ3n) is 13.2. The summed E-state index contributed by atoms with van der Waals surface area (Å²) in [5.74, 6) is -3.91. The monoisotopic (exact) mass is 966 g/mol. The van der Waals surface area contributed by atoms with Crippen LogP contribution in [0.5, 0.6) is 0 Å². The lowest BCUT2D eigenvalue weighted by Crippen LogP contribution is -3.12. The molecule has 0 aliphatic carbocycles. The van der Waals surface area contributed by atoms with Crippen molar-refractivity contribution in [3.63, 3.8) is 0 Å². The van der Waals surface area contributed by atoms with Crippen LogP contribution in [0.3, 0.4) is 0 Å². The summed E-state index contributed by atoms with van der Waals surface area (Å²) in [5.41, 5.74) is 14.6. The average Bonchev–Trinajstić information content (AvgIpc) is 3.31. The molecular weight excluding hydrogens is 859 g/mol. The van der Waals surface area contributed by atoms with Gasteiger partial charge in [-0.25, -0.2) is 0 Å². The number of carboxylic acid groups (broad SMARTS) is 1. The van der Waals surface area contributed by atoms with Crippen LogP contribution in [-0.4, -0.2) is 98.6 Å². The van der Waals surface area contributed by atoms with Gasteiger partial charge in [0.25, 0.3) is 0 Å². The summed E-state index contributed by atoms with van der Waals surface area (Å²) in [6.45, 7) is 10.3. The maximum absolute atomic E-state index is 13.7. The van der Waals surface area contributed by atoms with Crippen molar-refractivity contribution >= 4 is 35.6 Å². The zero-order valence-electron chi connectivity index (χ0n) is 44.0. The summed E-state index contributed by atoms with van der Waals surface area (Å²) >= 11 is 0. The second-order valence-electron chi connectivity index (χ2n) is 19.7. The molecule has 0 aromatic carbocycles. The Bertz CT molecular complexity index is 1250. The van der Waals surface area contributed by atoms with E-state index in [4.69, 9.17) is 11.5 Å². The molecule has 13 N–H and O–H groups in total. The first-order chi connectivity index (χ1) is 32.9. The molecule has 0 spiro atoms. The van der Waals surface area contributed by atoms with Crippen LogP contribution >= 0.6 is 0 Å². The van der Waals surface area contributed by atoms with Crippen LogP contribution < -0.4 is 43.4 Å². The number of carbonyl (C=O) groups excluding carboxylic acids is 4. The number of nitrogens with zero attached hydrogens (tertiary/aromatic N) is 1. The van der Waals surface area contributed by atoms with Gasteiger partial charge in [-0.1, -0.05) is 175 Å². The summed E-state index contributed by atoms with van der Waals surface area (Å²) in [4.78, 5) is 69.7. The van der Waals surface area contributed by atoms with E-state index >= 15 is 0 Å². The van der Waals surface area contributed by atoms with Gasteiger partial charge in [0.15, 0.2) is 5.96 Å². The van der Waals surface area contributed by atoms with Crippen LogP contribution in [0.25, 0.3) is 0 Å². The average molecular weight is 966 g/mol. The van der Waals surface area contributed by atoms with Gasteiger partial charge in [-0.3, -0.25) is 29.0 Å². The Morgan fingerprint density at radius 2 is 0.985 bits per heavy atom. The maximum atomic E-state index is 13.7. The standard InChI is InChI=1S/C53H105N9O6/c1-4-6-8-10-12-14-16-18-20-22-24-26-28-32-40-62(41-33-29-27-25-23-21-19-17-15-13-11-9-7-5-2)42-39-57-51(67)46(36-30-31-37-54)61-52(68)47(43-49(64)65)60-48(63)44-59-50(66)45(3)35-34-38-58-53(55)56/h45-47H,4-44,54H2,1-3H3,(H,57,67)(H,59,66)(H,60,63)(H,61,68)(H,64,65)(H4,55,56,58)/p+2. The number of nitrogens with two attached hydrogens (primary N) is 2. The van der Waals surface area contributed by atoms with Gasteiger partial charge in [-0.2, -0.15) is 0 Å². The minimum atomic E-state index is -1.44. The van der Waals surface area contributed by atoms with Crippen molar-refractivity contribution in [3.05, 3.63) is 0 Å². The van der Waals surface area contributed by atoms with E-state index in [1.807, 2.05) is 0 Å². The third-order valence-corrected chi connectivity index (χ3v) is 13.2. The number of aliphatic imine (C=N–C) groups is 1. The molecular formula is C53H107N9O6+2. The van der Waals surface area contributed by atoms with E-state index in [1.54, 1.807) is 6.92 Å². The SMILES string of the molecule is CCCCCCCCCCCCCCCC[NH+](CCCCCCCCCCCCCCCC)CCNC(=O)C(CCCC[NH3+])NC(=O)C(CC(=O)O)NC(=O)CNC(=O)C(C)CCCN=C(N)N. The van der Waals surface area contributed by atoms with Crippen molar-refractivity contribution in [2.24, 2.45) is 22.4 Å². The molecule has 0 fully saturated rings. The summed E-state index contributed by atoms with van der Waals surface area (Å²) in [7, 11) is 0. The highest BCUT2D eigenvalue weighted by Crippen LogP contribution is 2.15. The number of hydrogen-bond acceptors (Lipinski definition) is 6. The summed E-state index contributed by atoms with van der Waals surface area (Å²) in [5, 5.41) is 20.4. The molecule has 0 aromatic heterocycles. The van der Waals surface area contributed by atoms with Gasteiger partial charge in [0.2, 0.25) is 23.6 Å². The Hall–Kier alpha value is -3.46. The van der Waals surface area contributed by atoms with Crippen LogP contribution in [0.2, 0.25) is 0 Å². The number of nitrogens with one attached hydrogen (secondary N) is 5. The molecule has 0 saturated heterocycles. The summed E-state index contributed by atoms with van der Waals surface area (Å²) in [6, 6.07) is -2.34. The predicted octanol–water partition coefficient (Wildman–Crippen LogP) is 6.61. The van der Waals surface area contributed by atoms with Crippen molar-refractivity contribution < 1.29 is 39.7 Å². The van der Waals surface area contributed by atoms with Crippen molar-refractivity contribution in [1.82, 2.24) is 21.3 Å². The topological polar surface area (TPSA) is 250 Å². The molecule has 0 radical (unpaired) electrons. The number of carbonyl (C=O) groups is 5. The lowest BCUT2D eigenvalue weighted by atomic mass is 10.0. The minimum absolute atomic E-state index is 0.0253. The highest BCUT2D eigenvalue weighted by molar-refractivity contribution is 5.95. The first kappa shape index (κ1) is 64.5. The van der Waals surface area contributed by atoms with Crippen molar-refractivity contribution in [2.45, 2.75) is 251 Å². The van der Waals surface area contributed by atoms with Crippen LogP contribution in [0.1, 0.15) is 239 Å². The molecule has 0 heterocycles. The molecule has 0 rings (SSSR count). The van der Waals surface area contributed by atoms with Gasteiger partial charge < -0.3 is 48.5 Å². The Labute approximate surface area is 414 Å². The summed E-state index contributed by atoms with van der Waals surface area (Å²) in [6.07, 6.45) is 39.4. The number of guanidine groups is 1. The van der Waals surface area contributed by atoms with Crippen LogP contribution in [0.4, 0.5) is 0 Å². The van der Waals surface area contributed by atoms with Gasteiger partial charge >= 0.3 is 5.97 Å². The van der Waals surface area contributed by atoms with Crippen molar-refractivity contribution in [3.8, 4) is 0 Å². The molecule has 398 valence electrons.